The Bertz CT molecular complexity index is 204. The lowest BCUT2D eigenvalue weighted by molar-refractivity contribution is -0.140. The summed E-state index contributed by atoms with van der Waals surface area (Å²) in [5.74, 6) is -1.02. The van der Waals surface area contributed by atoms with Crippen molar-refractivity contribution in [1.82, 2.24) is 4.90 Å². The molecule has 0 aromatic rings. The van der Waals surface area contributed by atoms with Crippen LogP contribution in [0.15, 0.2) is 0 Å². The van der Waals surface area contributed by atoms with Gasteiger partial charge < -0.3 is 5.11 Å². The Balaban J connectivity index is 3.92. The third kappa shape index (κ3) is 8.23. The SMILES string of the molecule is CC(C)N(CCCC(F)(F)F)CC(=O)O. The van der Waals surface area contributed by atoms with Crippen molar-refractivity contribution in [1.29, 1.82) is 0 Å². The molecule has 0 atom stereocenters. The molecular weight excluding hydrogens is 211 g/mol. The lowest BCUT2D eigenvalue weighted by Crippen LogP contribution is -2.36. The summed E-state index contributed by atoms with van der Waals surface area (Å²) in [4.78, 5) is 11.9. The fraction of sp³-hybridized carbons (Fsp3) is 0.889. The number of carboxylic acid groups (broad SMARTS) is 1. The number of hydrogen-bond acceptors (Lipinski definition) is 2. The molecular formula is C9H16F3NO2. The van der Waals surface area contributed by atoms with Gasteiger partial charge in [-0.25, -0.2) is 0 Å². The Morgan fingerprint density at radius 3 is 2.27 bits per heavy atom. The van der Waals surface area contributed by atoms with E-state index in [-0.39, 0.29) is 25.6 Å². The summed E-state index contributed by atoms with van der Waals surface area (Å²) >= 11 is 0. The molecule has 0 bridgehead atoms. The number of hydrogen-bond donors (Lipinski definition) is 1. The van der Waals surface area contributed by atoms with Crippen molar-refractivity contribution >= 4 is 5.97 Å². The topological polar surface area (TPSA) is 40.5 Å². The van der Waals surface area contributed by atoms with Gasteiger partial charge in [0.05, 0.1) is 6.54 Å². The molecule has 0 radical (unpaired) electrons. The highest BCUT2D eigenvalue weighted by molar-refractivity contribution is 5.69. The largest absolute Gasteiger partial charge is 0.480 e. The lowest BCUT2D eigenvalue weighted by atomic mass is 10.2. The zero-order valence-electron chi connectivity index (χ0n) is 8.84. The van der Waals surface area contributed by atoms with E-state index >= 15 is 0 Å². The minimum atomic E-state index is -4.16. The summed E-state index contributed by atoms with van der Waals surface area (Å²) in [6, 6.07) is -0.0608. The third-order valence-corrected chi connectivity index (χ3v) is 1.97. The standard InChI is InChI=1S/C9H16F3NO2/c1-7(2)13(6-8(14)15)5-3-4-9(10,11)12/h7H,3-6H2,1-2H3,(H,14,15). The summed E-state index contributed by atoms with van der Waals surface area (Å²) in [6.45, 7) is 3.46. The molecule has 6 heteroatoms. The second-order valence-electron chi connectivity index (χ2n) is 3.68. The molecule has 15 heavy (non-hydrogen) atoms. The first-order valence-corrected chi connectivity index (χ1v) is 4.75. The maximum atomic E-state index is 11.8. The average Bonchev–Trinajstić information content (AvgIpc) is 1.99. The molecule has 0 aliphatic carbocycles. The van der Waals surface area contributed by atoms with Gasteiger partial charge in [-0.05, 0) is 26.8 Å². The summed E-state index contributed by atoms with van der Waals surface area (Å²) in [5.41, 5.74) is 0. The predicted molar refractivity (Wildman–Crippen MR) is 49.6 cm³/mol. The second-order valence-corrected chi connectivity index (χ2v) is 3.68. The van der Waals surface area contributed by atoms with Crippen LogP contribution < -0.4 is 0 Å². The maximum Gasteiger partial charge on any atom is 0.389 e. The Labute approximate surface area is 86.9 Å². The first-order valence-electron chi connectivity index (χ1n) is 4.75. The van der Waals surface area contributed by atoms with Gasteiger partial charge in [-0.2, -0.15) is 13.2 Å². The van der Waals surface area contributed by atoms with Crippen molar-refractivity contribution in [2.75, 3.05) is 13.1 Å². The van der Waals surface area contributed by atoms with Crippen LogP contribution in [0, 0.1) is 0 Å². The van der Waals surface area contributed by atoms with Crippen molar-refractivity contribution in [3.8, 4) is 0 Å². The molecule has 0 aromatic carbocycles. The van der Waals surface area contributed by atoms with Gasteiger partial charge in [0.25, 0.3) is 0 Å². The van der Waals surface area contributed by atoms with E-state index in [4.69, 9.17) is 5.11 Å². The van der Waals surface area contributed by atoms with E-state index in [9.17, 15) is 18.0 Å². The Hall–Kier alpha value is -0.780. The maximum absolute atomic E-state index is 11.8. The Kier molecular flexibility index (Phi) is 5.64. The average molecular weight is 227 g/mol. The van der Waals surface area contributed by atoms with E-state index in [0.717, 1.165) is 0 Å². The normalized spacial score (nSPS) is 12.5. The third-order valence-electron chi connectivity index (χ3n) is 1.97. The highest BCUT2D eigenvalue weighted by atomic mass is 19.4. The van der Waals surface area contributed by atoms with Crippen molar-refractivity contribution in [2.24, 2.45) is 0 Å². The first-order chi connectivity index (χ1) is 6.72. The van der Waals surface area contributed by atoms with E-state index in [1.807, 2.05) is 0 Å². The molecule has 90 valence electrons. The molecule has 0 aliphatic rings. The predicted octanol–water partition coefficient (Wildman–Crippen LogP) is 2.12. The van der Waals surface area contributed by atoms with Gasteiger partial charge in [0.1, 0.15) is 0 Å². The van der Waals surface area contributed by atoms with E-state index in [2.05, 4.69) is 0 Å². The van der Waals surface area contributed by atoms with Gasteiger partial charge >= 0.3 is 12.1 Å². The highest BCUT2D eigenvalue weighted by Gasteiger charge is 2.26. The fourth-order valence-electron chi connectivity index (χ4n) is 1.18. The number of aliphatic carboxylic acids is 1. The van der Waals surface area contributed by atoms with Crippen LogP contribution in [0.5, 0.6) is 0 Å². The summed E-state index contributed by atoms with van der Waals surface area (Å²) in [7, 11) is 0. The van der Waals surface area contributed by atoms with Gasteiger partial charge in [-0.15, -0.1) is 0 Å². The Morgan fingerprint density at radius 2 is 1.93 bits per heavy atom. The minimum absolute atomic E-state index is 0.0606. The number of halogens is 3. The monoisotopic (exact) mass is 227 g/mol. The number of nitrogens with zero attached hydrogens (tertiary/aromatic N) is 1. The highest BCUT2D eigenvalue weighted by Crippen LogP contribution is 2.21. The molecule has 0 saturated carbocycles. The molecule has 0 amide bonds. The van der Waals surface area contributed by atoms with E-state index in [1.54, 1.807) is 13.8 Å². The zero-order chi connectivity index (χ0) is 12.1. The molecule has 0 saturated heterocycles. The Morgan fingerprint density at radius 1 is 1.40 bits per heavy atom. The van der Waals surface area contributed by atoms with Crippen LogP contribution >= 0.6 is 0 Å². The van der Waals surface area contributed by atoms with Crippen LogP contribution in [0.2, 0.25) is 0 Å². The van der Waals surface area contributed by atoms with Gasteiger partial charge in [0, 0.05) is 12.5 Å². The number of alkyl halides is 3. The minimum Gasteiger partial charge on any atom is -0.480 e. The van der Waals surface area contributed by atoms with Crippen LogP contribution in [0.25, 0.3) is 0 Å². The van der Waals surface area contributed by atoms with Crippen molar-refractivity contribution < 1.29 is 23.1 Å². The first kappa shape index (κ1) is 14.2. The molecule has 0 rings (SSSR count). The van der Waals surface area contributed by atoms with Crippen LogP contribution in [0.3, 0.4) is 0 Å². The van der Waals surface area contributed by atoms with Crippen molar-refractivity contribution in [3.63, 3.8) is 0 Å². The van der Waals surface area contributed by atoms with Crippen LogP contribution in [0.4, 0.5) is 13.2 Å². The summed E-state index contributed by atoms with van der Waals surface area (Å²) in [6.07, 6.45) is -5.09. The summed E-state index contributed by atoms with van der Waals surface area (Å²) in [5, 5.41) is 8.53. The quantitative estimate of drug-likeness (QED) is 0.755. The van der Waals surface area contributed by atoms with E-state index < -0.39 is 18.6 Å². The van der Waals surface area contributed by atoms with Crippen molar-refractivity contribution in [3.05, 3.63) is 0 Å². The molecule has 0 spiro atoms. The molecule has 1 N–H and O–H groups in total. The van der Waals surface area contributed by atoms with Gasteiger partial charge in [-0.3, -0.25) is 9.69 Å². The van der Waals surface area contributed by atoms with E-state index in [1.165, 1.54) is 4.90 Å². The lowest BCUT2D eigenvalue weighted by Gasteiger charge is -2.24. The number of rotatable bonds is 6. The number of carboxylic acids is 1. The van der Waals surface area contributed by atoms with Gasteiger partial charge in [-0.1, -0.05) is 0 Å². The molecule has 3 nitrogen and oxygen atoms in total. The molecule has 0 aliphatic heterocycles. The summed E-state index contributed by atoms with van der Waals surface area (Å²) < 4.78 is 35.5. The van der Waals surface area contributed by atoms with Crippen molar-refractivity contribution in [2.45, 2.75) is 38.9 Å². The van der Waals surface area contributed by atoms with Crippen LogP contribution in [-0.4, -0.2) is 41.3 Å². The second kappa shape index (κ2) is 5.95. The van der Waals surface area contributed by atoms with Gasteiger partial charge in [0.15, 0.2) is 0 Å². The molecule has 0 heterocycles. The van der Waals surface area contributed by atoms with Crippen LogP contribution in [0.1, 0.15) is 26.7 Å². The molecule has 0 fully saturated rings. The molecule has 0 unspecified atom stereocenters. The zero-order valence-corrected chi connectivity index (χ0v) is 8.84. The van der Waals surface area contributed by atoms with Crippen LogP contribution in [-0.2, 0) is 4.79 Å². The fourth-order valence-corrected chi connectivity index (χ4v) is 1.18. The smallest absolute Gasteiger partial charge is 0.389 e. The van der Waals surface area contributed by atoms with E-state index in [0.29, 0.717) is 0 Å². The molecule has 0 aromatic heterocycles. The van der Waals surface area contributed by atoms with Gasteiger partial charge in [0.2, 0.25) is 0 Å². The number of carbonyl (C=O) groups is 1.